The molecule has 0 aromatic carbocycles. The van der Waals surface area contributed by atoms with Gasteiger partial charge in [0.25, 0.3) is 0 Å². The predicted octanol–water partition coefficient (Wildman–Crippen LogP) is 2.83. The number of hydrazine groups is 1. The van der Waals surface area contributed by atoms with Crippen molar-refractivity contribution in [3.63, 3.8) is 0 Å². The molecule has 3 unspecified atom stereocenters. The molecule has 0 aromatic rings. The normalized spacial score (nSPS) is 34.8. The van der Waals surface area contributed by atoms with Gasteiger partial charge in [0.1, 0.15) is 0 Å². The first-order valence-corrected chi connectivity index (χ1v) is 6.75. The molecule has 15 heavy (non-hydrogen) atoms. The summed E-state index contributed by atoms with van der Waals surface area (Å²) in [6, 6.07) is 0.595. The highest BCUT2D eigenvalue weighted by molar-refractivity contribution is 4.84. The van der Waals surface area contributed by atoms with Crippen LogP contribution < -0.4 is 11.3 Å². The third kappa shape index (κ3) is 2.94. The highest BCUT2D eigenvalue weighted by atomic mass is 15.2. The monoisotopic (exact) mass is 210 g/mol. The minimum Gasteiger partial charge on any atom is -0.271 e. The number of nitrogens with one attached hydrogen (secondary N) is 1. The summed E-state index contributed by atoms with van der Waals surface area (Å²) in [6.07, 6.45) is 11.3. The maximum atomic E-state index is 5.73. The van der Waals surface area contributed by atoms with E-state index in [0.29, 0.717) is 6.04 Å². The largest absolute Gasteiger partial charge is 0.271 e. The van der Waals surface area contributed by atoms with Crippen LogP contribution in [0.4, 0.5) is 0 Å². The molecule has 0 spiro atoms. The molecule has 88 valence electrons. The van der Waals surface area contributed by atoms with Crippen molar-refractivity contribution in [2.75, 3.05) is 0 Å². The maximum absolute atomic E-state index is 5.73. The lowest BCUT2D eigenvalue weighted by Gasteiger charge is -2.37. The zero-order chi connectivity index (χ0) is 10.7. The van der Waals surface area contributed by atoms with Gasteiger partial charge in [-0.15, -0.1) is 0 Å². The number of nitrogens with two attached hydrogens (primary N) is 1. The summed E-state index contributed by atoms with van der Waals surface area (Å²) in [4.78, 5) is 0. The Hall–Kier alpha value is -0.0800. The Kier molecular flexibility index (Phi) is 4.04. The zero-order valence-corrected chi connectivity index (χ0v) is 10.0. The fraction of sp³-hybridized carbons (Fsp3) is 1.00. The molecule has 3 atom stereocenters. The van der Waals surface area contributed by atoms with Gasteiger partial charge < -0.3 is 0 Å². The molecular weight excluding hydrogens is 184 g/mol. The highest BCUT2D eigenvalue weighted by Crippen LogP contribution is 2.36. The first-order chi connectivity index (χ1) is 7.29. The van der Waals surface area contributed by atoms with Crippen LogP contribution in [-0.4, -0.2) is 6.04 Å². The Labute approximate surface area is 94.0 Å². The molecule has 2 aliphatic rings. The van der Waals surface area contributed by atoms with Crippen molar-refractivity contribution in [2.24, 2.45) is 23.6 Å². The Morgan fingerprint density at radius 1 is 1.20 bits per heavy atom. The van der Waals surface area contributed by atoms with Crippen LogP contribution in [0, 0.1) is 17.8 Å². The van der Waals surface area contributed by atoms with Crippen molar-refractivity contribution in [3.05, 3.63) is 0 Å². The Balaban J connectivity index is 1.81. The van der Waals surface area contributed by atoms with Crippen molar-refractivity contribution < 1.29 is 0 Å². The lowest BCUT2D eigenvalue weighted by Crippen LogP contribution is -2.44. The van der Waals surface area contributed by atoms with Crippen LogP contribution in [0.3, 0.4) is 0 Å². The van der Waals surface area contributed by atoms with E-state index in [-0.39, 0.29) is 0 Å². The van der Waals surface area contributed by atoms with Gasteiger partial charge in [-0.1, -0.05) is 39.0 Å². The summed E-state index contributed by atoms with van der Waals surface area (Å²) in [5.74, 6) is 8.47. The van der Waals surface area contributed by atoms with E-state index in [1.54, 1.807) is 0 Å². The van der Waals surface area contributed by atoms with Crippen molar-refractivity contribution in [1.82, 2.24) is 5.43 Å². The van der Waals surface area contributed by atoms with Crippen molar-refractivity contribution in [2.45, 2.75) is 64.3 Å². The Bertz CT molecular complexity index is 189. The minimum atomic E-state index is 0.595. The van der Waals surface area contributed by atoms with Crippen LogP contribution in [-0.2, 0) is 0 Å². The molecule has 2 aliphatic carbocycles. The van der Waals surface area contributed by atoms with Gasteiger partial charge in [0.2, 0.25) is 0 Å². The van der Waals surface area contributed by atoms with Gasteiger partial charge in [-0.05, 0) is 37.0 Å². The van der Waals surface area contributed by atoms with E-state index in [2.05, 4.69) is 12.3 Å². The van der Waals surface area contributed by atoms with Gasteiger partial charge in [-0.2, -0.15) is 0 Å². The molecule has 2 saturated carbocycles. The van der Waals surface area contributed by atoms with E-state index < -0.39 is 0 Å². The molecule has 0 radical (unpaired) electrons. The average molecular weight is 210 g/mol. The molecular formula is C13H26N2. The predicted molar refractivity (Wildman–Crippen MR) is 64.2 cm³/mol. The van der Waals surface area contributed by atoms with E-state index in [4.69, 9.17) is 5.84 Å². The van der Waals surface area contributed by atoms with Crippen LogP contribution in [0.5, 0.6) is 0 Å². The Morgan fingerprint density at radius 2 is 1.93 bits per heavy atom. The quantitative estimate of drug-likeness (QED) is 0.553. The van der Waals surface area contributed by atoms with Crippen LogP contribution >= 0.6 is 0 Å². The molecule has 2 heteroatoms. The second-order valence-corrected chi connectivity index (χ2v) is 5.84. The molecule has 0 aliphatic heterocycles. The molecule has 0 amide bonds. The van der Waals surface area contributed by atoms with Gasteiger partial charge in [0, 0.05) is 6.04 Å². The van der Waals surface area contributed by atoms with Crippen LogP contribution in [0.15, 0.2) is 0 Å². The van der Waals surface area contributed by atoms with Gasteiger partial charge in [0.15, 0.2) is 0 Å². The fourth-order valence-corrected chi connectivity index (χ4v) is 3.33. The molecule has 2 rings (SSSR count). The van der Waals surface area contributed by atoms with Gasteiger partial charge in [-0.3, -0.25) is 11.3 Å². The van der Waals surface area contributed by atoms with Crippen molar-refractivity contribution in [3.8, 4) is 0 Å². The maximum Gasteiger partial charge on any atom is 0.0241 e. The lowest BCUT2D eigenvalue weighted by atomic mass is 9.73. The zero-order valence-electron chi connectivity index (χ0n) is 10.0. The van der Waals surface area contributed by atoms with E-state index in [9.17, 15) is 0 Å². The smallest absolute Gasteiger partial charge is 0.0241 e. The third-order valence-corrected chi connectivity index (χ3v) is 4.57. The fourth-order valence-electron chi connectivity index (χ4n) is 3.33. The van der Waals surface area contributed by atoms with E-state index in [1.165, 1.54) is 51.4 Å². The molecule has 0 heterocycles. The topological polar surface area (TPSA) is 38.0 Å². The van der Waals surface area contributed by atoms with Crippen LogP contribution in [0.1, 0.15) is 58.3 Å². The molecule has 0 bridgehead atoms. The number of hydrogen-bond donors (Lipinski definition) is 2. The first-order valence-electron chi connectivity index (χ1n) is 6.75. The van der Waals surface area contributed by atoms with E-state index in [1.807, 2.05) is 0 Å². The first kappa shape index (κ1) is 11.4. The van der Waals surface area contributed by atoms with Gasteiger partial charge in [-0.25, -0.2) is 0 Å². The van der Waals surface area contributed by atoms with Crippen molar-refractivity contribution in [1.29, 1.82) is 0 Å². The Morgan fingerprint density at radius 3 is 2.47 bits per heavy atom. The summed E-state index contributed by atoms with van der Waals surface area (Å²) in [5.41, 5.74) is 3.09. The molecule has 0 aromatic heterocycles. The minimum absolute atomic E-state index is 0.595. The third-order valence-electron chi connectivity index (χ3n) is 4.57. The second-order valence-electron chi connectivity index (χ2n) is 5.84. The summed E-state index contributed by atoms with van der Waals surface area (Å²) >= 11 is 0. The summed E-state index contributed by atoms with van der Waals surface area (Å²) in [5, 5.41) is 0. The summed E-state index contributed by atoms with van der Waals surface area (Å²) in [7, 11) is 0. The average Bonchev–Trinajstić information content (AvgIpc) is 2.16. The number of hydrogen-bond acceptors (Lipinski definition) is 2. The highest BCUT2D eigenvalue weighted by Gasteiger charge is 2.29. The molecule has 3 N–H and O–H groups in total. The molecule has 2 nitrogen and oxygen atoms in total. The molecule has 2 fully saturated rings. The van der Waals surface area contributed by atoms with E-state index in [0.717, 1.165) is 17.8 Å². The van der Waals surface area contributed by atoms with Crippen LogP contribution in [0.25, 0.3) is 0 Å². The number of rotatable bonds is 4. The van der Waals surface area contributed by atoms with Gasteiger partial charge in [0.05, 0.1) is 0 Å². The van der Waals surface area contributed by atoms with Crippen LogP contribution in [0.2, 0.25) is 0 Å². The van der Waals surface area contributed by atoms with E-state index >= 15 is 0 Å². The second kappa shape index (κ2) is 5.31. The molecule has 0 saturated heterocycles. The van der Waals surface area contributed by atoms with Gasteiger partial charge >= 0.3 is 0 Å². The lowest BCUT2D eigenvalue weighted by molar-refractivity contribution is 0.173. The standard InChI is InChI=1S/C13H26N2/c1-10-4-2-7-12(8-10)13(15-14)9-11-5-3-6-11/h10-13,15H,2-9,14H2,1H3. The summed E-state index contributed by atoms with van der Waals surface area (Å²) in [6.45, 7) is 2.39. The van der Waals surface area contributed by atoms with Crippen molar-refractivity contribution >= 4 is 0 Å². The SMILES string of the molecule is CC1CCCC(C(CC2CCC2)NN)C1. The summed E-state index contributed by atoms with van der Waals surface area (Å²) < 4.78 is 0.